The van der Waals surface area contributed by atoms with Crippen molar-refractivity contribution in [2.45, 2.75) is 19.3 Å². The molecule has 1 aliphatic rings. The molecule has 0 aliphatic carbocycles. The monoisotopic (exact) mass is 385 g/mol. The maximum atomic E-state index is 12.4. The van der Waals surface area contributed by atoms with Crippen molar-refractivity contribution < 1.29 is 14.3 Å². The summed E-state index contributed by atoms with van der Waals surface area (Å²) in [6, 6.07) is 11.2. The number of aromatic amines is 1. The van der Waals surface area contributed by atoms with Gasteiger partial charge >= 0.3 is 0 Å². The zero-order valence-corrected chi connectivity index (χ0v) is 15.5. The molecule has 0 fully saturated rings. The zero-order valence-electron chi connectivity index (χ0n) is 14.8. The van der Waals surface area contributed by atoms with Gasteiger partial charge in [-0.1, -0.05) is 23.7 Å². The summed E-state index contributed by atoms with van der Waals surface area (Å²) in [5.41, 5.74) is 2.45. The molecule has 2 heterocycles. The first-order valence-corrected chi connectivity index (χ1v) is 9.39. The maximum absolute atomic E-state index is 12.4. The van der Waals surface area contributed by atoms with Crippen LogP contribution in [-0.2, 0) is 6.42 Å². The van der Waals surface area contributed by atoms with Crippen LogP contribution in [0.3, 0.4) is 0 Å². The molecule has 3 aromatic rings. The summed E-state index contributed by atoms with van der Waals surface area (Å²) in [6.45, 7) is 1.65. The number of nitrogens with zero attached hydrogens (tertiary/aromatic N) is 1. The van der Waals surface area contributed by atoms with E-state index in [1.165, 1.54) is 0 Å². The smallest absolute Gasteiger partial charge is 0.251 e. The molecule has 0 bridgehead atoms. The Kier molecular flexibility index (Phi) is 5.16. The summed E-state index contributed by atoms with van der Waals surface area (Å²) in [7, 11) is 0. The van der Waals surface area contributed by atoms with Gasteiger partial charge in [-0.25, -0.2) is 4.98 Å². The van der Waals surface area contributed by atoms with Gasteiger partial charge in [0.1, 0.15) is 5.82 Å². The second-order valence-electron chi connectivity index (χ2n) is 6.40. The number of hydrogen-bond acceptors (Lipinski definition) is 4. The number of carbonyl (C=O) groups is 1. The van der Waals surface area contributed by atoms with Crippen LogP contribution in [0.5, 0.6) is 11.5 Å². The van der Waals surface area contributed by atoms with Crippen molar-refractivity contribution in [3.8, 4) is 11.5 Å². The molecule has 0 unspecified atom stereocenters. The van der Waals surface area contributed by atoms with E-state index in [1.54, 1.807) is 12.1 Å². The summed E-state index contributed by atoms with van der Waals surface area (Å²) >= 11 is 6.25. The molecule has 27 heavy (non-hydrogen) atoms. The maximum Gasteiger partial charge on any atom is 0.251 e. The lowest BCUT2D eigenvalue weighted by Crippen LogP contribution is -2.25. The molecule has 0 saturated carbocycles. The Morgan fingerprint density at radius 2 is 2.07 bits per heavy atom. The van der Waals surface area contributed by atoms with E-state index in [0.717, 1.165) is 36.1 Å². The number of H-pyrrole nitrogens is 1. The first-order valence-electron chi connectivity index (χ1n) is 9.02. The largest absolute Gasteiger partial charge is 0.489 e. The van der Waals surface area contributed by atoms with E-state index in [0.29, 0.717) is 41.8 Å². The van der Waals surface area contributed by atoms with Crippen LogP contribution in [0, 0.1) is 0 Å². The van der Waals surface area contributed by atoms with Crippen molar-refractivity contribution in [2.75, 3.05) is 19.8 Å². The van der Waals surface area contributed by atoms with Crippen molar-refractivity contribution in [3.63, 3.8) is 0 Å². The Hall–Kier alpha value is -2.73. The lowest BCUT2D eigenvalue weighted by Gasteiger charge is -2.11. The minimum atomic E-state index is -0.183. The van der Waals surface area contributed by atoms with Gasteiger partial charge in [0.15, 0.2) is 11.5 Å². The van der Waals surface area contributed by atoms with E-state index in [2.05, 4.69) is 15.3 Å². The lowest BCUT2D eigenvalue weighted by molar-refractivity contribution is 0.0952. The van der Waals surface area contributed by atoms with Crippen LogP contribution in [0.15, 0.2) is 36.4 Å². The predicted molar refractivity (Wildman–Crippen MR) is 104 cm³/mol. The fourth-order valence-corrected chi connectivity index (χ4v) is 3.31. The number of aromatic nitrogens is 2. The van der Waals surface area contributed by atoms with Crippen molar-refractivity contribution in [3.05, 3.63) is 52.8 Å². The first kappa shape index (κ1) is 17.7. The number of para-hydroxylation sites is 2. The van der Waals surface area contributed by atoms with Crippen LogP contribution >= 0.6 is 11.6 Å². The molecule has 2 N–H and O–H groups in total. The van der Waals surface area contributed by atoms with Gasteiger partial charge in [-0.3, -0.25) is 4.79 Å². The summed E-state index contributed by atoms with van der Waals surface area (Å²) in [5.74, 6) is 1.77. The molecule has 1 aromatic heterocycles. The zero-order chi connectivity index (χ0) is 18.6. The number of hydrogen-bond donors (Lipinski definition) is 2. The van der Waals surface area contributed by atoms with Crippen LogP contribution in [0.2, 0.25) is 5.02 Å². The molecular weight excluding hydrogens is 366 g/mol. The molecule has 7 heteroatoms. The molecule has 140 valence electrons. The van der Waals surface area contributed by atoms with E-state index in [1.807, 2.05) is 24.3 Å². The minimum Gasteiger partial charge on any atom is -0.489 e. The number of rotatable bonds is 5. The van der Waals surface area contributed by atoms with E-state index in [4.69, 9.17) is 21.1 Å². The Morgan fingerprint density at radius 3 is 2.96 bits per heavy atom. The second-order valence-corrected chi connectivity index (χ2v) is 6.80. The van der Waals surface area contributed by atoms with E-state index in [-0.39, 0.29) is 5.91 Å². The van der Waals surface area contributed by atoms with Crippen LogP contribution in [0.4, 0.5) is 0 Å². The summed E-state index contributed by atoms with van der Waals surface area (Å²) in [4.78, 5) is 20.3. The molecule has 6 nitrogen and oxygen atoms in total. The van der Waals surface area contributed by atoms with Gasteiger partial charge in [0.25, 0.3) is 5.91 Å². The Morgan fingerprint density at radius 1 is 1.22 bits per heavy atom. The quantitative estimate of drug-likeness (QED) is 0.656. The molecule has 0 atom stereocenters. The van der Waals surface area contributed by atoms with Gasteiger partial charge in [0.05, 0.1) is 29.3 Å². The highest BCUT2D eigenvalue weighted by Gasteiger charge is 2.18. The highest BCUT2D eigenvalue weighted by atomic mass is 35.5. The summed E-state index contributed by atoms with van der Waals surface area (Å²) in [6.07, 6.45) is 2.33. The van der Waals surface area contributed by atoms with Gasteiger partial charge in [-0.15, -0.1) is 0 Å². The fraction of sp³-hybridized carbons (Fsp3) is 0.300. The minimum absolute atomic E-state index is 0.183. The molecule has 0 spiro atoms. The van der Waals surface area contributed by atoms with Gasteiger partial charge in [-0.05, 0) is 30.7 Å². The average molecular weight is 386 g/mol. The Labute approximate surface area is 161 Å². The molecular formula is C20H20ClN3O3. The second kappa shape index (κ2) is 7.88. The lowest BCUT2D eigenvalue weighted by atomic mass is 10.2. The number of carbonyl (C=O) groups excluding carboxylic acids is 1. The molecule has 0 saturated heterocycles. The fourth-order valence-electron chi connectivity index (χ4n) is 3.05. The van der Waals surface area contributed by atoms with Crippen LogP contribution in [-0.4, -0.2) is 35.6 Å². The van der Waals surface area contributed by atoms with Gasteiger partial charge in [-0.2, -0.15) is 0 Å². The van der Waals surface area contributed by atoms with Crippen molar-refractivity contribution in [1.29, 1.82) is 0 Å². The summed E-state index contributed by atoms with van der Waals surface area (Å²) in [5, 5.41) is 3.31. The average Bonchev–Trinajstić information content (AvgIpc) is 2.93. The predicted octanol–water partition coefficient (Wildman–Crippen LogP) is 3.74. The number of imidazole rings is 1. The Bertz CT molecular complexity index is 937. The first-order chi connectivity index (χ1) is 13.2. The number of fused-ring (bicyclic) bond motifs is 2. The van der Waals surface area contributed by atoms with Crippen LogP contribution in [0.25, 0.3) is 11.0 Å². The number of aryl methyl sites for hydroxylation is 1. The molecule has 4 rings (SSSR count). The van der Waals surface area contributed by atoms with Crippen molar-refractivity contribution >= 4 is 28.5 Å². The van der Waals surface area contributed by atoms with Crippen LogP contribution < -0.4 is 14.8 Å². The normalized spacial score (nSPS) is 13.4. The summed E-state index contributed by atoms with van der Waals surface area (Å²) < 4.78 is 11.2. The topological polar surface area (TPSA) is 76.2 Å². The number of amides is 1. The Balaban J connectivity index is 1.34. The highest BCUT2D eigenvalue weighted by molar-refractivity contribution is 6.32. The third-order valence-corrected chi connectivity index (χ3v) is 4.66. The molecule has 1 amide bonds. The number of halogens is 1. The van der Waals surface area contributed by atoms with Crippen LogP contribution in [0.1, 0.15) is 29.0 Å². The van der Waals surface area contributed by atoms with E-state index >= 15 is 0 Å². The number of benzene rings is 2. The van der Waals surface area contributed by atoms with Crippen molar-refractivity contribution in [2.24, 2.45) is 0 Å². The molecule has 2 aromatic carbocycles. The molecule has 0 radical (unpaired) electrons. The SMILES string of the molecule is O=C(NCCCc1nc2ccccc2[nH]1)c1cc(Cl)c2c(c1)OCCCO2. The van der Waals surface area contributed by atoms with Gasteiger partial charge < -0.3 is 19.8 Å². The van der Waals surface area contributed by atoms with Gasteiger partial charge in [0, 0.05) is 24.9 Å². The third-order valence-electron chi connectivity index (χ3n) is 4.38. The third kappa shape index (κ3) is 4.01. The van der Waals surface area contributed by atoms with E-state index < -0.39 is 0 Å². The van der Waals surface area contributed by atoms with Crippen molar-refractivity contribution in [1.82, 2.24) is 15.3 Å². The molecule has 1 aliphatic heterocycles. The number of ether oxygens (including phenoxy) is 2. The van der Waals surface area contributed by atoms with Gasteiger partial charge in [0.2, 0.25) is 0 Å². The number of nitrogens with one attached hydrogen (secondary N) is 2. The van der Waals surface area contributed by atoms with E-state index in [9.17, 15) is 4.79 Å². The standard InChI is InChI=1S/C20H20ClN3O3/c21-14-11-13(12-17-19(14)27-10-4-9-26-17)20(25)22-8-3-7-18-23-15-5-1-2-6-16(15)24-18/h1-2,5-6,11-12H,3-4,7-10H2,(H,22,25)(H,23,24). The highest BCUT2D eigenvalue weighted by Crippen LogP contribution is 2.37.